The van der Waals surface area contributed by atoms with E-state index in [4.69, 9.17) is 14.3 Å². The van der Waals surface area contributed by atoms with Gasteiger partial charge < -0.3 is 9.47 Å². The van der Waals surface area contributed by atoms with Crippen LogP contribution in [0.4, 0.5) is 17.1 Å². The smallest absolute Gasteiger partial charge is 0.322 e. The first-order chi connectivity index (χ1) is 18.3. The van der Waals surface area contributed by atoms with Gasteiger partial charge in [-0.05, 0) is 44.9 Å². The second-order valence-electron chi connectivity index (χ2n) is 8.25. The van der Waals surface area contributed by atoms with Crippen molar-refractivity contribution >= 4 is 35.2 Å². The number of non-ortho nitro benzene ring substituents is 1. The Labute approximate surface area is 218 Å². The molecule has 38 heavy (non-hydrogen) atoms. The van der Waals surface area contributed by atoms with Gasteiger partial charge in [-0.3, -0.25) is 39.6 Å². The molecule has 13 nitrogen and oxygen atoms in total. The van der Waals surface area contributed by atoms with E-state index >= 15 is 0 Å². The number of aliphatic imine (C=N–C) groups is 1. The number of para-hydroxylation sites is 1. The molecular weight excluding hydrogens is 500 g/mol. The van der Waals surface area contributed by atoms with Gasteiger partial charge in [0, 0.05) is 12.3 Å². The number of nitro groups is 2. The van der Waals surface area contributed by atoms with Crippen molar-refractivity contribution in [3.05, 3.63) is 74.3 Å². The molecule has 13 heteroatoms. The van der Waals surface area contributed by atoms with Gasteiger partial charge in [-0.2, -0.15) is 0 Å². The fraction of sp³-hybridized carbons (Fsp3) is 0.400. The molecule has 1 aliphatic rings. The normalized spacial score (nSPS) is 17.4. The number of hydrogen-bond acceptors (Lipinski definition) is 11. The molecule has 1 heterocycles. The molecule has 1 aliphatic heterocycles. The first kappa shape index (κ1) is 28.2. The fourth-order valence-corrected chi connectivity index (χ4v) is 4.07. The largest absolute Gasteiger partial charge is 0.465 e. The molecule has 1 saturated heterocycles. The highest BCUT2D eigenvalue weighted by Gasteiger charge is 2.44. The SMILES string of the molecule is CCOC(=O)C(C(=O)OCC)[C@H]1CC[C@H](C=NCc2ccc([N+](=O)[O-])cc2[N+](=O)[O-])ON1c1ccccc1. The highest BCUT2D eigenvalue weighted by Crippen LogP contribution is 2.32. The summed E-state index contributed by atoms with van der Waals surface area (Å²) >= 11 is 0. The number of esters is 2. The number of hydrogen-bond donors (Lipinski definition) is 0. The molecule has 0 amide bonds. The van der Waals surface area contributed by atoms with Crippen molar-refractivity contribution in [2.75, 3.05) is 18.3 Å². The predicted molar refractivity (Wildman–Crippen MR) is 136 cm³/mol. The van der Waals surface area contributed by atoms with E-state index < -0.39 is 45.5 Å². The van der Waals surface area contributed by atoms with E-state index in [2.05, 4.69) is 4.99 Å². The molecule has 2 aromatic carbocycles. The molecule has 0 bridgehead atoms. The Morgan fingerprint density at radius 1 is 1.05 bits per heavy atom. The average Bonchev–Trinajstić information content (AvgIpc) is 2.90. The Kier molecular flexibility index (Phi) is 9.82. The zero-order chi connectivity index (χ0) is 27.7. The summed E-state index contributed by atoms with van der Waals surface area (Å²) in [6, 6.07) is 11.6. The van der Waals surface area contributed by atoms with E-state index in [0.717, 1.165) is 6.07 Å². The molecule has 3 rings (SSSR count). The molecule has 0 aliphatic carbocycles. The molecular formula is C25H28N4O9. The number of carbonyl (C=O) groups excluding carboxylic acids is 2. The van der Waals surface area contributed by atoms with Crippen LogP contribution in [-0.2, 0) is 30.4 Å². The average molecular weight is 529 g/mol. The number of ether oxygens (including phenoxy) is 2. The lowest BCUT2D eigenvalue weighted by molar-refractivity contribution is -0.394. The third kappa shape index (κ3) is 6.88. The second-order valence-corrected chi connectivity index (χ2v) is 8.25. The number of benzene rings is 2. The van der Waals surface area contributed by atoms with Crippen molar-refractivity contribution in [3.63, 3.8) is 0 Å². The van der Waals surface area contributed by atoms with Gasteiger partial charge in [0.2, 0.25) is 0 Å². The Hall–Kier alpha value is -4.39. The van der Waals surface area contributed by atoms with Crippen LogP contribution in [0.1, 0.15) is 32.3 Å². The van der Waals surface area contributed by atoms with E-state index in [1.165, 1.54) is 23.4 Å². The summed E-state index contributed by atoms with van der Waals surface area (Å²) in [4.78, 5) is 56.9. The van der Waals surface area contributed by atoms with Gasteiger partial charge in [0.25, 0.3) is 11.4 Å². The molecule has 1 fully saturated rings. The lowest BCUT2D eigenvalue weighted by Crippen LogP contribution is -2.53. The zero-order valence-electron chi connectivity index (χ0n) is 20.9. The van der Waals surface area contributed by atoms with Crippen LogP contribution >= 0.6 is 0 Å². The summed E-state index contributed by atoms with van der Waals surface area (Å²) in [5, 5.41) is 23.8. The molecule has 202 valence electrons. The van der Waals surface area contributed by atoms with Crippen molar-refractivity contribution in [3.8, 4) is 0 Å². The maximum atomic E-state index is 12.8. The maximum absolute atomic E-state index is 12.8. The van der Waals surface area contributed by atoms with E-state index in [0.29, 0.717) is 18.5 Å². The number of rotatable bonds is 11. The van der Waals surface area contributed by atoms with E-state index in [1.54, 1.807) is 38.1 Å². The van der Waals surface area contributed by atoms with E-state index in [-0.39, 0.29) is 31.0 Å². The summed E-state index contributed by atoms with van der Waals surface area (Å²) in [6.07, 6.45) is 1.65. The number of nitrogens with zero attached hydrogens (tertiary/aromatic N) is 4. The van der Waals surface area contributed by atoms with E-state index in [9.17, 15) is 29.8 Å². The molecule has 0 N–H and O–H groups in total. The number of hydroxylamine groups is 1. The third-order valence-corrected chi connectivity index (χ3v) is 5.78. The van der Waals surface area contributed by atoms with Crippen LogP contribution in [0.5, 0.6) is 0 Å². The van der Waals surface area contributed by atoms with Gasteiger partial charge in [0.15, 0.2) is 5.92 Å². The third-order valence-electron chi connectivity index (χ3n) is 5.78. The van der Waals surface area contributed by atoms with Crippen LogP contribution < -0.4 is 5.06 Å². The molecule has 0 radical (unpaired) electrons. The van der Waals surface area contributed by atoms with Crippen LogP contribution in [0.15, 0.2) is 53.5 Å². The number of nitro benzene ring substituents is 2. The summed E-state index contributed by atoms with van der Waals surface area (Å²) < 4.78 is 10.3. The molecule has 0 spiro atoms. The lowest BCUT2D eigenvalue weighted by atomic mass is 9.92. The van der Waals surface area contributed by atoms with Gasteiger partial charge in [-0.15, -0.1) is 0 Å². The van der Waals surface area contributed by atoms with Crippen molar-refractivity contribution in [2.24, 2.45) is 10.9 Å². The van der Waals surface area contributed by atoms with E-state index in [1.807, 2.05) is 6.07 Å². The molecule has 0 saturated carbocycles. The maximum Gasteiger partial charge on any atom is 0.322 e. The Morgan fingerprint density at radius 3 is 2.29 bits per heavy atom. The highest BCUT2D eigenvalue weighted by atomic mass is 16.7. The Bertz CT molecular complexity index is 1170. The molecule has 2 aromatic rings. The standard InChI is InChI=1S/C25H28N4O9/c1-3-36-24(30)23(25(31)37-4-2)21-13-12-20(38-27(21)18-8-6-5-7-9-18)16-26-15-17-10-11-19(28(32)33)14-22(17)29(34)35/h5-11,14,16,20-21,23H,3-4,12-13,15H2,1-2H3/t20-,21-/m1/s1. The lowest BCUT2D eigenvalue weighted by Gasteiger charge is -2.41. The first-order valence-electron chi connectivity index (χ1n) is 12.0. The predicted octanol–water partition coefficient (Wildman–Crippen LogP) is 3.79. The van der Waals surface area contributed by atoms with Gasteiger partial charge >= 0.3 is 11.9 Å². The van der Waals surface area contributed by atoms with Crippen molar-refractivity contribution in [2.45, 2.75) is 45.4 Å². The van der Waals surface area contributed by atoms with Crippen LogP contribution in [0.2, 0.25) is 0 Å². The first-order valence-corrected chi connectivity index (χ1v) is 12.0. The Morgan fingerprint density at radius 2 is 1.71 bits per heavy atom. The minimum absolute atomic E-state index is 0.0950. The quantitative estimate of drug-likeness (QED) is 0.138. The topological polar surface area (TPSA) is 164 Å². The zero-order valence-corrected chi connectivity index (χ0v) is 20.9. The van der Waals surface area contributed by atoms with Crippen molar-refractivity contribution in [1.29, 1.82) is 0 Å². The van der Waals surface area contributed by atoms with Gasteiger partial charge in [-0.1, -0.05) is 18.2 Å². The van der Waals surface area contributed by atoms with Crippen molar-refractivity contribution < 1.29 is 33.7 Å². The van der Waals surface area contributed by atoms with Gasteiger partial charge in [0.1, 0.15) is 6.10 Å². The summed E-state index contributed by atoms with van der Waals surface area (Å²) in [6.45, 7) is 3.38. The minimum atomic E-state index is -1.24. The Balaban J connectivity index is 1.83. The van der Waals surface area contributed by atoms with Crippen LogP contribution in [0.25, 0.3) is 0 Å². The minimum Gasteiger partial charge on any atom is -0.465 e. The van der Waals surface area contributed by atoms with Gasteiger partial charge in [-0.25, -0.2) is 5.06 Å². The van der Waals surface area contributed by atoms with Gasteiger partial charge in [0.05, 0.1) is 53.0 Å². The van der Waals surface area contributed by atoms with Crippen LogP contribution in [0.3, 0.4) is 0 Å². The number of anilines is 1. The summed E-state index contributed by atoms with van der Waals surface area (Å²) in [7, 11) is 0. The number of carbonyl (C=O) groups is 2. The monoisotopic (exact) mass is 528 g/mol. The molecule has 2 atom stereocenters. The fourth-order valence-electron chi connectivity index (χ4n) is 4.07. The highest BCUT2D eigenvalue weighted by molar-refractivity contribution is 5.96. The summed E-state index contributed by atoms with van der Waals surface area (Å²) in [5.41, 5.74) is 0.0105. The van der Waals surface area contributed by atoms with Crippen molar-refractivity contribution in [1.82, 2.24) is 0 Å². The molecule has 0 aromatic heterocycles. The van der Waals surface area contributed by atoms with Crippen LogP contribution in [-0.4, -0.2) is 53.4 Å². The second kappa shape index (κ2) is 13.2. The summed E-state index contributed by atoms with van der Waals surface area (Å²) in [5.74, 6) is -2.66. The van der Waals surface area contributed by atoms with Crippen LogP contribution in [0, 0.1) is 26.1 Å². The molecule has 0 unspecified atom stereocenters.